The molecule has 2 aliphatic heterocycles. The van der Waals surface area contributed by atoms with Gasteiger partial charge in [-0.25, -0.2) is 13.8 Å². The molecular weight excluding hydrogens is 494 g/mol. The lowest BCUT2D eigenvalue weighted by atomic mass is 9.96. The summed E-state index contributed by atoms with van der Waals surface area (Å²) >= 11 is 1.48. The molecule has 37 heavy (non-hydrogen) atoms. The van der Waals surface area contributed by atoms with Crippen molar-refractivity contribution >= 4 is 32.4 Å². The van der Waals surface area contributed by atoms with Gasteiger partial charge in [0.1, 0.15) is 12.0 Å². The summed E-state index contributed by atoms with van der Waals surface area (Å²) < 4.78 is 36.6. The number of alkyl halides is 1. The minimum atomic E-state index is -0.664. The van der Waals surface area contributed by atoms with Gasteiger partial charge in [-0.15, -0.1) is 0 Å². The van der Waals surface area contributed by atoms with E-state index in [1.54, 1.807) is 6.07 Å². The molecule has 0 saturated carbocycles. The van der Waals surface area contributed by atoms with Crippen molar-refractivity contribution in [2.45, 2.75) is 37.8 Å². The Morgan fingerprint density at radius 2 is 2.03 bits per heavy atom. The molecule has 0 radical (unpaired) electrons. The third-order valence-corrected chi connectivity index (χ3v) is 8.50. The Balaban J connectivity index is 1.12. The van der Waals surface area contributed by atoms with Gasteiger partial charge < -0.3 is 15.0 Å². The highest BCUT2D eigenvalue weighted by molar-refractivity contribution is 7.23. The zero-order valence-electron chi connectivity index (χ0n) is 20.6. The number of halogens is 2. The van der Waals surface area contributed by atoms with Gasteiger partial charge >= 0.3 is 0 Å². The SMILES string of the molecule is O=C(NCCCN1CCC(F)CC1)c1ccc2c(c1)sc1nc(-c3ccc([C@@H]4CCOC4)cc3F)cn12. The number of nitrogens with zero attached hydrogens (tertiary/aromatic N) is 3. The Morgan fingerprint density at radius 3 is 2.81 bits per heavy atom. The van der Waals surface area contributed by atoms with Crippen LogP contribution in [0.15, 0.2) is 42.6 Å². The van der Waals surface area contributed by atoms with Crippen LogP contribution in [0.5, 0.6) is 0 Å². The molecular formula is C28H30F2N4O2S. The monoisotopic (exact) mass is 524 g/mol. The number of hydrogen-bond acceptors (Lipinski definition) is 5. The second-order valence-corrected chi connectivity index (χ2v) is 11.0. The van der Waals surface area contributed by atoms with Crippen molar-refractivity contribution in [2.75, 3.05) is 39.4 Å². The standard InChI is InChI=1S/C28H30F2N4O2S/c29-21-6-11-33(12-7-21)10-1-9-31-27(35)19-3-5-25-26(15-19)37-28-32-24(16-34(25)28)22-4-2-18(14-23(22)30)20-8-13-36-17-20/h2-5,14-16,20-21H,1,6-13,17H2,(H,31,35)/t20-/m1/s1. The van der Waals surface area contributed by atoms with Crippen LogP contribution in [0, 0.1) is 5.82 Å². The number of thiazole rings is 1. The van der Waals surface area contributed by atoms with Crippen molar-refractivity contribution in [3.8, 4) is 11.3 Å². The maximum absolute atomic E-state index is 15.0. The lowest BCUT2D eigenvalue weighted by Gasteiger charge is -2.28. The number of carbonyl (C=O) groups excluding carboxylic acids is 1. The number of fused-ring (bicyclic) bond motifs is 3. The summed E-state index contributed by atoms with van der Waals surface area (Å²) in [6.45, 7) is 4.41. The zero-order valence-corrected chi connectivity index (χ0v) is 21.4. The maximum atomic E-state index is 15.0. The van der Waals surface area contributed by atoms with Gasteiger partial charge in [-0.05, 0) is 68.1 Å². The first-order valence-corrected chi connectivity index (χ1v) is 13.8. The number of amides is 1. The number of aromatic nitrogens is 2. The second kappa shape index (κ2) is 10.5. The molecule has 2 aromatic heterocycles. The van der Waals surface area contributed by atoms with E-state index in [0.717, 1.165) is 59.8 Å². The molecule has 2 aromatic carbocycles. The molecule has 0 bridgehead atoms. The lowest BCUT2D eigenvalue weighted by Crippen LogP contribution is -2.36. The molecule has 0 aliphatic carbocycles. The van der Waals surface area contributed by atoms with Crippen LogP contribution >= 0.6 is 11.3 Å². The predicted molar refractivity (Wildman–Crippen MR) is 142 cm³/mol. The number of hydrogen-bond donors (Lipinski definition) is 1. The topological polar surface area (TPSA) is 58.9 Å². The van der Waals surface area contributed by atoms with Gasteiger partial charge in [0.15, 0.2) is 4.96 Å². The van der Waals surface area contributed by atoms with Gasteiger partial charge in [-0.2, -0.15) is 0 Å². The van der Waals surface area contributed by atoms with Crippen LogP contribution in [0.2, 0.25) is 0 Å². The summed E-state index contributed by atoms with van der Waals surface area (Å²) in [5.41, 5.74) is 3.59. The second-order valence-electron chi connectivity index (χ2n) is 9.99. The normalized spacial score (nSPS) is 19.2. The van der Waals surface area contributed by atoms with Crippen molar-refractivity contribution in [1.82, 2.24) is 19.6 Å². The van der Waals surface area contributed by atoms with Crippen LogP contribution in [-0.4, -0.2) is 65.8 Å². The van der Waals surface area contributed by atoms with Gasteiger partial charge in [0.05, 0.1) is 22.5 Å². The predicted octanol–water partition coefficient (Wildman–Crippen LogP) is 5.41. The van der Waals surface area contributed by atoms with Gasteiger partial charge in [-0.1, -0.05) is 17.4 Å². The largest absolute Gasteiger partial charge is 0.381 e. The summed E-state index contributed by atoms with van der Waals surface area (Å²) in [5.74, 6) is -0.124. The number of ether oxygens (including phenoxy) is 1. The Bertz CT molecular complexity index is 1420. The number of imidazole rings is 1. The Labute approximate surface area is 218 Å². The van der Waals surface area contributed by atoms with Crippen LogP contribution < -0.4 is 5.32 Å². The highest BCUT2D eigenvalue weighted by atomic mass is 32.1. The zero-order chi connectivity index (χ0) is 25.4. The fourth-order valence-electron chi connectivity index (χ4n) is 5.29. The van der Waals surface area contributed by atoms with E-state index in [2.05, 4.69) is 15.2 Å². The number of piperidine rings is 1. The summed E-state index contributed by atoms with van der Waals surface area (Å²) in [6, 6.07) is 11.0. The molecule has 4 aromatic rings. The van der Waals surface area contributed by atoms with Crippen LogP contribution in [0.4, 0.5) is 8.78 Å². The van der Waals surface area contributed by atoms with E-state index in [4.69, 9.17) is 4.74 Å². The third-order valence-electron chi connectivity index (χ3n) is 7.48. The minimum Gasteiger partial charge on any atom is -0.381 e. The van der Waals surface area contributed by atoms with E-state index in [9.17, 15) is 13.6 Å². The molecule has 1 amide bonds. The average Bonchev–Trinajstić information content (AvgIpc) is 3.64. The molecule has 2 fully saturated rings. The first-order chi connectivity index (χ1) is 18.0. The van der Waals surface area contributed by atoms with Crippen molar-refractivity contribution in [2.24, 2.45) is 0 Å². The first kappa shape index (κ1) is 24.5. The molecule has 2 saturated heterocycles. The number of nitrogens with one attached hydrogen (secondary N) is 1. The lowest BCUT2D eigenvalue weighted by molar-refractivity contribution is 0.0950. The van der Waals surface area contributed by atoms with Crippen molar-refractivity contribution in [3.63, 3.8) is 0 Å². The molecule has 6 nitrogen and oxygen atoms in total. The molecule has 0 unspecified atom stereocenters. The maximum Gasteiger partial charge on any atom is 0.251 e. The highest BCUT2D eigenvalue weighted by Gasteiger charge is 2.21. The van der Waals surface area contributed by atoms with Crippen LogP contribution in [0.3, 0.4) is 0 Å². The summed E-state index contributed by atoms with van der Waals surface area (Å²) in [5, 5.41) is 2.99. The molecule has 0 spiro atoms. The van der Waals surface area contributed by atoms with E-state index in [0.29, 0.717) is 42.8 Å². The average molecular weight is 525 g/mol. The van der Waals surface area contributed by atoms with Crippen LogP contribution in [0.1, 0.15) is 47.5 Å². The summed E-state index contributed by atoms with van der Waals surface area (Å²) in [4.78, 5) is 20.4. The third kappa shape index (κ3) is 5.12. The van der Waals surface area contributed by atoms with Crippen molar-refractivity contribution in [3.05, 3.63) is 59.5 Å². The van der Waals surface area contributed by atoms with Gasteiger partial charge in [-0.3, -0.25) is 9.20 Å². The van der Waals surface area contributed by atoms with E-state index < -0.39 is 6.17 Å². The first-order valence-electron chi connectivity index (χ1n) is 13.0. The van der Waals surface area contributed by atoms with Crippen molar-refractivity contribution < 1.29 is 18.3 Å². The molecule has 6 rings (SSSR count). The van der Waals surface area contributed by atoms with E-state index in [-0.39, 0.29) is 17.6 Å². The van der Waals surface area contributed by atoms with Crippen molar-refractivity contribution in [1.29, 1.82) is 0 Å². The molecule has 194 valence electrons. The summed E-state index contributed by atoms with van der Waals surface area (Å²) in [7, 11) is 0. The van der Waals surface area contributed by atoms with Gasteiger partial charge in [0.2, 0.25) is 0 Å². The fourth-order valence-corrected chi connectivity index (χ4v) is 6.34. The van der Waals surface area contributed by atoms with E-state index in [1.807, 2.05) is 40.9 Å². The van der Waals surface area contributed by atoms with E-state index >= 15 is 0 Å². The molecule has 9 heteroatoms. The van der Waals surface area contributed by atoms with E-state index in [1.165, 1.54) is 11.3 Å². The smallest absolute Gasteiger partial charge is 0.251 e. The minimum absolute atomic E-state index is 0.106. The summed E-state index contributed by atoms with van der Waals surface area (Å²) in [6.07, 6.45) is 4.17. The Hall–Kier alpha value is -2.88. The van der Waals surface area contributed by atoms with Gasteiger partial charge in [0, 0.05) is 49.5 Å². The highest BCUT2D eigenvalue weighted by Crippen LogP contribution is 2.33. The van der Waals surface area contributed by atoms with Gasteiger partial charge in [0.25, 0.3) is 5.91 Å². The quantitative estimate of drug-likeness (QED) is 0.329. The number of rotatable bonds is 7. The molecule has 2 aliphatic rings. The Kier molecular flexibility index (Phi) is 6.92. The molecule has 1 atom stereocenters. The molecule has 1 N–H and O–H groups in total. The number of carbonyl (C=O) groups is 1. The number of benzene rings is 2. The number of likely N-dealkylation sites (tertiary alicyclic amines) is 1. The Morgan fingerprint density at radius 1 is 1.16 bits per heavy atom. The fraction of sp³-hybridized carbons (Fsp3) is 0.429. The van der Waals surface area contributed by atoms with Crippen LogP contribution in [-0.2, 0) is 4.74 Å². The van der Waals surface area contributed by atoms with Crippen LogP contribution in [0.25, 0.3) is 26.4 Å². The molecule has 4 heterocycles.